The summed E-state index contributed by atoms with van der Waals surface area (Å²) in [6, 6.07) is 9.41. The number of nitrogens with one attached hydrogen (secondary N) is 2. The third-order valence-electron chi connectivity index (χ3n) is 5.70. The predicted octanol–water partition coefficient (Wildman–Crippen LogP) is 2.91. The summed E-state index contributed by atoms with van der Waals surface area (Å²) < 4.78 is 9.53. The summed E-state index contributed by atoms with van der Waals surface area (Å²) in [6.07, 6.45) is 3.89. The van der Waals surface area contributed by atoms with Crippen LogP contribution in [0.1, 0.15) is 17.2 Å². The third kappa shape index (κ3) is 4.87. The van der Waals surface area contributed by atoms with Crippen molar-refractivity contribution in [2.45, 2.75) is 18.9 Å². The Balaban J connectivity index is 1.51. The lowest BCUT2D eigenvalue weighted by Crippen LogP contribution is -2.42. The first kappa shape index (κ1) is 22.5. The highest BCUT2D eigenvalue weighted by atomic mass is 79.9. The Bertz CT molecular complexity index is 1070. The summed E-state index contributed by atoms with van der Waals surface area (Å²) in [5.74, 6) is 0.744. The van der Waals surface area contributed by atoms with E-state index in [2.05, 4.69) is 41.7 Å². The van der Waals surface area contributed by atoms with E-state index in [4.69, 9.17) is 4.74 Å². The van der Waals surface area contributed by atoms with E-state index in [1.807, 2.05) is 56.7 Å². The number of carbonyl (C=O) groups excluding carboxylic acids is 1. The van der Waals surface area contributed by atoms with Gasteiger partial charge in [0.15, 0.2) is 5.82 Å². The molecule has 32 heavy (non-hydrogen) atoms. The van der Waals surface area contributed by atoms with Crippen molar-refractivity contribution in [2.75, 3.05) is 38.7 Å². The van der Waals surface area contributed by atoms with Gasteiger partial charge in [0.05, 0.1) is 34.7 Å². The number of para-hydroxylation sites is 1. The van der Waals surface area contributed by atoms with Crippen LogP contribution in [0.3, 0.4) is 0 Å². The molecule has 1 aliphatic rings. The highest BCUT2D eigenvalue weighted by Crippen LogP contribution is 2.30. The highest BCUT2D eigenvalue weighted by molar-refractivity contribution is 9.10. The van der Waals surface area contributed by atoms with Gasteiger partial charge in [0.25, 0.3) is 0 Å². The molecule has 3 aromatic rings. The van der Waals surface area contributed by atoms with Gasteiger partial charge in [0, 0.05) is 45.9 Å². The fraction of sp³-hybridized carbons (Fsp3) is 0.409. The Morgan fingerprint density at radius 1 is 1.28 bits per heavy atom. The van der Waals surface area contributed by atoms with Crippen LogP contribution in [0.2, 0.25) is 0 Å². The van der Waals surface area contributed by atoms with Gasteiger partial charge in [0.2, 0.25) is 0 Å². The zero-order chi connectivity index (χ0) is 22.7. The monoisotopic (exact) mass is 501 g/mol. The minimum absolute atomic E-state index is 0.0518. The molecule has 170 valence electrons. The zero-order valence-electron chi connectivity index (χ0n) is 18.5. The van der Waals surface area contributed by atoms with Gasteiger partial charge < -0.3 is 10.1 Å². The molecule has 2 amide bonds. The first-order chi connectivity index (χ1) is 15.5. The largest absolute Gasteiger partial charge is 0.383 e. The quantitative estimate of drug-likeness (QED) is 0.519. The summed E-state index contributed by atoms with van der Waals surface area (Å²) in [4.78, 5) is 15.4. The SMILES string of the molecule is COCCN1C[C@@H](NC(=O)Nc2c(Br)c(C)nn2-c2ccccc2)[C@H](c2cnn(C)c2)C1. The highest BCUT2D eigenvalue weighted by Gasteiger charge is 2.35. The van der Waals surface area contributed by atoms with E-state index >= 15 is 0 Å². The van der Waals surface area contributed by atoms with Crippen LogP contribution in [0, 0.1) is 6.92 Å². The summed E-state index contributed by atoms with van der Waals surface area (Å²) in [5, 5.41) is 15.1. The number of likely N-dealkylation sites (tertiary alicyclic amines) is 1. The lowest BCUT2D eigenvalue weighted by molar-refractivity contribution is 0.159. The average Bonchev–Trinajstić information content (AvgIpc) is 3.46. The molecule has 1 aromatic carbocycles. The number of amides is 2. The van der Waals surface area contributed by atoms with E-state index in [1.165, 1.54) is 0 Å². The summed E-state index contributed by atoms with van der Waals surface area (Å²) in [7, 11) is 3.61. The molecule has 10 heteroatoms. The molecule has 1 aliphatic heterocycles. The molecule has 2 aromatic heterocycles. The second-order valence-corrected chi connectivity index (χ2v) is 8.80. The van der Waals surface area contributed by atoms with Crippen LogP contribution >= 0.6 is 15.9 Å². The van der Waals surface area contributed by atoms with Crippen LogP contribution in [0.25, 0.3) is 5.69 Å². The standard InChI is InChI=1S/C22H28BrN7O2/c1-15-20(23)21(30(27-15)17-7-5-4-6-8-17)26-22(31)25-19-14-29(9-10-32-3)13-18(19)16-11-24-28(2)12-16/h4-8,11-12,18-19H,9-10,13-14H2,1-3H3,(H2,25,26,31)/t18-,19+/m0/s1. The van der Waals surface area contributed by atoms with Gasteiger partial charge in [-0.15, -0.1) is 0 Å². The lowest BCUT2D eigenvalue weighted by atomic mass is 9.97. The van der Waals surface area contributed by atoms with Crippen molar-refractivity contribution in [3.63, 3.8) is 0 Å². The van der Waals surface area contributed by atoms with Crippen molar-refractivity contribution < 1.29 is 9.53 Å². The number of ether oxygens (including phenoxy) is 1. The van der Waals surface area contributed by atoms with E-state index < -0.39 is 0 Å². The average molecular weight is 502 g/mol. The number of hydrogen-bond acceptors (Lipinski definition) is 5. The van der Waals surface area contributed by atoms with Crippen molar-refractivity contribution in [3.8, 4) is 5.69 Å². The molecule has 0 saturated carbocycles. The van der Waals surface area contributed by atoms with E-state index in [0.29, 0.717) is 12.4 Å². The Kier molecular flexibility index (Phi) is 6.92. The van der Waals surface area contributed by atoms with Crippen LogP contribution in [-0.2, 0) is 11.8 Å². The molecule has 3 heterocycles. The molecule has 0 radical (unpaired) electrons. The molecular formula is C22H28BrN7O2. The van der Waals surface area contributed by atoms with Crippen LogP contribution < -0.4 is 10.6 Å². The molecule has 1 fully saturated rings. The number of nitrogens with zero attached hydrogens (tertiary/aromatic N) is 5. The van der Waals surface area contributed by atoms with Gasteiger partial charge in [-0.1, -0.05) is 18.2 Å². The summed E-state index contributed by atoms with van der Waals surface area (Å²) >= 11 is 3.57. The number of halogens is 1. The lowest BCUT2D eigenvalue weighted by Gasteiger charge is -2.19. The van der Waals surface area contributed by atoms with Gasteiger partial charge in [-0.3, -0.25) is 14.9 Å². The van der Waals surface area contributed by atoms with Gasteiger partial charge in [0.1, 0.15) is 0 Å². The predicted molar refractivity (Wildman–Crippen MR) is 126 cm³/mol. The van der Waals surface area contributed by atoms with Gasteiger partial charge >= 0.3 is 6.03 Å². The zero-order valence-corrected chi connectivity index (χ0v) is 20.0. The topological polar surface area (TPSA) is 89.2 Å². The van der Waals surface area contributed by atoms with Gasteiger partial charge in [-0.05, 0) is 40.5 Å². The van der Waals surface area contributed by atoms with Crippen LogP contribution in [0.4, 0.5) is 10.6 Å². The molecule has 0 spiro atoms. The molecule has 0 unspecified atom stereocenters. The number of benzene rings is 1. The Morgan fingerprint density at radius 2 is 2.06 bits per heavy atom. The number of carbonyl (C=O) groups is 1. The third-order valence-corrected chi connectivity index (χ3v) is 6.65. The second-order valence-electron chi connectivity index (χ2n) is 8.01. The number of anilines is 1. The molecule has 9 nitrogen and oxygen atoms in total. The molecule has 1 saturated heterocycles. The van der Waals surface area contributed by atoms with Gasteiger partial charge in [-0.2, -0.15) is 10.2 Å². The first-order valence-corrected chi connectivity index (χ1v) is 11.3. The molecular weight excluding hydrogens is 474 g/mol. The number of aryl methyl sites for hydroxylation is 2. The van der Waals surface area contributed by atoms with Crippen LogP contribution in [0.5, 0.6) is 0 Å². The van der Waals surface area contributed by atoms with E-state index in [-0.39, 0.29) is 18.0 Å². The smallest absolute Gasteiger partial charge is 0.320 e. The van der Waals surface area contributed by atoms with Crippen molar-refractivity contribution in [3.05, 3.63) is 58.5 Å². The Hall–Kier alpha value is -2.69. The number of hydrogen-bond donors (Lipinski definition) is 2. The van der Waals surface area contributed by atoms with Crippen LogP contribution in [-0.4, -0.2) is 69.9 Å². The van der Waals surface area contributed by atoms with Crippen molar-refractivity contribution in [1.29, 1.82) is 0 Å². The molecule has 2 N–H and O–H groups in total. The first-order valence-electron chi connectivity index (χ1n) is 10.5. The molecule has 0 aliphatic carbocycles. The van der Waals surface area contributed by atoms with Gasteiger partial charge in [-0.25, -0.2) is 9.48 Å². The van der Waals surface area contributed by atoms with Crippen LogP contribution in [0.15, 0.2) is 47.2 Å². The Labute approximate surface area is 195 Å². The fourth-order valence-electron chi connectivity index (χ4n) is 4.09. The normalized spacial score (nSPS) is 18.8. The van der Waals surface area contributed by atoms with Crippen molar-refractivity contribution >= 4 is 27.8 Å². The molecule has 2 atom stereocenters. The van der Waals surface area contributed by atoms with E-state index in [9.17, 15) is 4.79 Å². The van der Waals surface area contributed by atoms with Crippen molar-refractivity contribution in [1.82, 2.24) is 29.8 Å². The maximum absolute atomic E-state index is 13.1. The fourth-order valence-corrected chi connectivity index (χ4v) is 4.43. The molecule has 4 rings (SSSR count). The molecule has 0 bridgehead atoms. The number of methoxy groups -OCH3 is 1. The number of aromatic nitrogens is 4. The maximum Gasteiger partial charge on any atom is 0.320 e. The van der Waals surface area contributed by atoms with Crippen molar-refractivity contribution in [2.24, 2.45) is 7.05 Å². The summed E-state index contributed by atoms with van der Waals surface area (Å²) in [5.41, 5.74) is 2.78. The Morgan fingerprint density at radius 3 is 2.75 bits per heavy atom. The van der Waals surface area contributed by atoms with E-state index in [1.54, 1.807) is 16.5 Å². The maximum atomic E-state index is 13.1. The number of rotatable bonds is 7. The minimum Gasteiger partial charge on any atom is -0.383 e. The second kappa shape index (κ2) is 9.85. The summed E-state index contributed by atoms with van der Waals surface area (Å²) in [6.45, 7) is 4.95. The number of urea groups is 1. The van der Waals surface area contributed by atoms with E-state index in [0.717, 1.165) is 41.1 Å². The minimum atomic E-state index is -0.268.